The summed E-state index contributed by atoms with van der Waals surface area (Å²) in [5.74, 6) is 0.436. The van der Waals surface area contributed by atoms with E-state index in [1.807, 2.05) is 24.3 Å². The van der Waals surface area contributed by atoms with Crippen molar-refractivity contribution < 1.29 is 18.0 Å². The average Bonchev–Trinajstić information content (AvgIpc) is 3.26. The summed E-state index contributed by atoms with van der Waals surface area (Å²) >= 11 is 0. The number of nitrogens with zero attached hydrogens (tertiary/aromatic N) is 2. The van der Waals surface area contributed by atoms with Crippen LogP contribution in [0.2, 0.25) is 0 Å². The highest BCUT2D eigenvalue weighted by molar-refractivity contribution is 5.94. The number of rotatable bonds is 2. The lowest BCUT2D eigenvalue weighted by Crippen LogP contribution is -2.31. The van der Waals surface area contributed by atoms with Crippen LogP contribution in [0.4, 0.5) is 13.2 Å². The van der Waals surface area contributed by atoms with Crippen molar-refractivity contribution in [2.75, 3.05) is 6.54 Å². The molecular formula is C19H16F3N3O. The van der Waals surface area contributed by atoms with Gasteiger partial charge >= 0.3 is 6.18 Å². The molecule has 1 aliphatic rings. The van der Waals surface area contributed by atoms with Gasteiger partial charge in [-0.25, -0.2) is 4.98 Å². The van der Waals surface area contributed by atoms with Gasteiger partial charge in [-0.05, 0) is 49.2 Å². The van der Waals surface area contributed by atoms with Gasteiger partial charge in [0.05, 0.1) is 22.6 Å². The topological polar surface area (TPSA) is 49.0 Å². The predicted octanol–water partition coefficient (Wildman–Crippen LogP) is 4.56. The fourth-order valence-corrected chi connectivity index (χ4v) is 3.39. The lowest BCUT2D eigenvalue weighted by Gasteiger charge is -2.23. The molecule has 0 bridgehead atoms. The van der Waals surface area contributed by atoms with Crippen LogP contribution in [-0.2, 0) is 6.18 Å². The van der Waals surface area contributed by atoms with E-state index in [1.165, 1.54) is 12.1 Å². The molecule has 1 aliphatic heterocycles. The Morgan fingerprint density at radius 2 is 1.85 bits per heavy atom. The summed E-state index contributed by atoms with van der Waals surface area (Å²) in [7, 11) is 0. The first-order valence-corrected chi connectivity index (χ1v) is 8.36. The molecule has 1 saturated heterocycles. The molecule has 26 heavy (non-hydrogen) atoms. The van der Waals surface area contributed by atoms with Crippen molar-refractivity contribution in [3.8, 4) is 0 Å². The Morgan fingerprint density at radius 3 is 2.54 bits per heavy atom. The van der Waals surface area contributed by atoms with E-state index < -0.39 is 11.7 Å². The largest absolute Gasteiger partial charge is 0.416 e. The van der Waals surface area contributed by atoms with Crippen LogP contribution in [0.25, 0.3) is 11.0 Å². The molecule has 1 fully saturated rings. The number of benzene rings is 2. The Kier molecular flexibility index (Phi) is 3.94. The Morgan fingerprint density at radius 1 is 1.12 bits per heavy atom. The normalized spacial score (nSPS) is 17.8. The number of hydrogen-bond donors (Lipinski definition) is 1. The van der Waals surface area contributed by atoms with Crippen molar-refractivity contribution in [3.63, 3.8) is 0 Å². The van der Waals surface area contributed by atoms with Crippen LogP contribution in [0.5, 0.6) is 0 Å². The molecular weight excluding hydrogens is 343 g/mol. The van der Waals surface area contributed by atoms with Crippen LogP contribution in [0.3, 0.4) is 0 Å². The van der Waals surface area contributed by atoms with Gasteiger partial charge in [0.2, 0.25) is 0 Å². The fraction of sp³-hybridized carbons (Fsp3) is 0.263. The molecule has 1 aromatic heterocycles. The molecule has 0 aliphatic carbocycles. The summed E-state index contributed by atoms with van der Waals surface area (Å²) in [6.07, 6.45) is -2.81. The minimum atomic E-state index is -4.41. The Balaban J connectivity index is 1.60. The van der Waals surface area contributed by atoms with Crippen LogP contribution in [0.1, 0.15) is 40.6 Å². The molecule has 0 radical (unpaired) electrons. The first-order chi connectivity index (χ1) is 12.4. The van der Waals surface area contributed by atoms with Crippen LogP contribution >= 0.6 is 0 Å². The van der Waals surface area contributed by atoms with Crippen molar-refractivity contribution in [1.82, 2.24) is 14.9 Å². The molecule has 1 amide bonds. The molecule has 4 nitrogen and oxygen atoms in total. The third-order valence-electron chi connectivity index (χ3n) is 4.70. The molecule has 0 unspecified atom stereocenters. The number of H-pyrrole nitrogens is 1. The molecule has 134 valence electrons. The number of halogens is 3. The van der Waals surface area contributed by atoms with Gasteiger partial charge in [0.1, 0.15) is 5.82 Å². The third-order valence-corrected chi connectivity index (χ3v) is 4.70. The minimum absolute atomic E-state index is 0.197. The molecule has 7 heteroatoms. The van der Waals surface area contributed by atoms with E-state index in [2.05, 4.69) is 9.97 Å². The fourth-order valence-electron chi connectivity index (χ4n) is 3.39. The van der Waals surface area contributed by atoms with Crippen molar-refractivity contribution >= 4 is 16.9 Å². The summed E-state index contributed by atoms with van der Waals surface area (Å²) in [5, 5.41) is 0. The van der Waals surface area contributed by atoms with Crippen molar-refractivity contribution in [2.24, 2.45) is 0 Å². The summed E-state index contributed by atoms with van der Waals surface area (Å²) in [5.41, 5.74) is 1.22. The molecule has 1 N–H and O–H groups in total. The highest BCUT2D eigenvalue weighted by Crippen LogP contribution is 2.33. The van der Waals surface area contributed by atoms with Gasteiger partial charge in [0, 0.05) is 12.1 Å². The SMILES string of the molecule is O=C(c1ccc(C(F)(F)F)cc1)N1CCC[C@@H]1c1nc2ccccc2[nH]1. The van der Waals surface area contributed by atoms with E-state index in [4.69, 9.17) is 0 Å². The highest BCUT2D eigenvalue weighted by atomic mass is 19.4. The Hall–Kier alpha value is -2.83. The monoisotopic (exact) mass is 359 g/mol. The molecule has 2 heterocycles. The molecule has 2 aromatic carbocycles. The summed E-state index contributed by atoms with van der Waals surface area (Å²) in [4.78, 5) is 22.3. The average molecular weight is 359 g/mol. The number of carbonyl (C=O) groups excluding carboxylic acids is 1. The second-order valence-corrected chi connectivity index (χ2v) is 6.37. The van der Waals surface area contributed by atoms with Gasteiger partial charge in [0.15, 0.2) is 0 Å². The second-order valence-electron chi connectivity index (χ2n) is 6.37. The van der Waals surface area contributed by atoms with Gasteiger partial charge in [0.25, 0.3) is 5.91 Å². The maximum Gasteiger partial charge on any atom is 0.416 e. The zero-order chi connectivity index (χ0) is 18.3. The van der Waals surface area contributed by atoms with Gasteiger partial charge in [-0.15, -0.1) is 0 Å². The number of amides is 1. The van der Waals surface area contributed by atoms with Gasteiger partial charge in [-0.1, -0.05) is 12.1 Å². The first-order valence-electron chi connectivity index (χ1n) is 8.36. The lowest BCUT2D eigenvalue weighted by atomic mass is 10.1. The number of para-hydroxylation sites is 2. The number of nitrogens with one attached hydrogen (secondary N) is 1. The maximum absolute atomic E-state index is 12.8. The highest BCUT2D eigenvalue weighted by Gasteiger charge is 2.34. The first kappa shape index (κ1) is 16.6. The van der Waals surface area contributed by atoms with Crippen LogP contribution in [0.15, 0.2) is 48.5 Å². The number of aromatic nitrogens is 2. The molecule has 0 saturated carbocycles. The molecule has 1 atom stereocenters. The Labute approximate surface area is 147 Å². The smallest absolute Gasteiger partial charge is 0.340 e. The van der Waals surface area contributed by atoms with Crippen molar-refractivity contribution in [1.29, 1.82) is 0 Å². The van der Waals surface area contributed by atoms with E-state index in [9.17, 15) is 18.0 Å². The van der Waals surface area contributed by atoms with Gasteiger partial charge < -0.3 is 9.88 Å². The molecule has 3 aromatic rings. The zero-order valence-corrected chi connectivity index (χ0v) is 13.8. The van der Waals surface area contributed by atoms with Crippen LogP contribution < -0.4 is 0 Å². The van der Waals surface area contributed by atoms with Crippen LogP contribution in [0, 0.1) is 0 Å². The van der Waals surface area contributed by atoms with E-state index in [1.54, 1.807) is 4.90 Å². The van der Waals surface area contributed by atoms with Crippen molar-refractivity contribution in [2.45, 2.75) is 25.1 Å². The quantitative estimate of drug-likeness (QED) is 0.729. The summed E-state index contributed by atoms with van der Waals surface area (Å²) < 4.78 is 38.1. The number of imidazole rings is 1. The minimum Gasteiger partial charge on any atom is -0.340 e. The van der Waals surface area contributed by atoms with Gasteiger partial charge in [-0.2, -0.15) is 13.2 Å². The summed E-state index contributed by atoms with van der Waals surface area (Å²) in [6, 6.07) is 11.8. The number of fused-ring (bicyclic) bond motifs is 1. The van der Waals surface area contributed by atoms with Gasteiger partial charge in [-0.3, -0.25) is 4.79 Å². The zero-order valence-electron chi connectivity index (χ0n) is 13.8. The molecule has 0 spiro atoms. The number of hydrogen-bond acceptors (Lipinski definition) is 2. The molecule has 4 rings (SSSR count). The number of alkyl halides is 3. The van der Waals surface area contributed by atoms with E-state index >= 15 is 0 Å². The third kappa shape index (κ3) is 2.94. The standard InChI is InChI=1S/C19H16F3N3O/c20-19(21,22)13-9-7-12(8-10-13)18(26)25-11-3-6-16(25)17-23-14-4-1-2-5-15(14)24-17/h1-2,4-5,7-10,16H,3,6,11H2,(H,23,24)/t16-/m1/s1. The second kappa shape index (κ2) is 6.16. The summed E-state index contributed by atoms with van der Waals surface area (Å²) in [6.45, 7) is 0.557. The van der Waals surface area contributed by atoms with E-state index in [0.717, 1.165) is 36.0 Å². The van der Waals surface area contributed by atoms with Crippen molar-refractivity contribution in [3.05, 3.63) is 65.5 Å². The maximum atomic E-state index is 12.8. The lowest BCUT2D eigenvalue weighted by molar-refractivity contribution is -0.137. The van der Waals surface area contributed by atoms with E-state index in [0.29, 0.717) is 12.4 Å². The predicted molar refractivity (Wildman–Crippen MR) is 90.5 cm³/mol. The Bertz CT molecular complexity index is 914. The number of likely N-dealkylation sites (tertiary alicyclic amines) is 1. The van der Waals surface area contributed by atoms with Crippen LogP contribution in [-0.4, -0.2) is 27.3 Å². The number of carbonyl (C=O) groups is 1. The van der Waals surface area contributed by atoms with E-state index in [-0.39, 0.29) is 17.5 Å². The number of aromatic amines is 1.